The molecular formula is C13H17NO3S. The van der Waals surface area contributed by atoms with Crippen LogP contribution in [-0.4, -0.2) is 34.0 Å². The number of carboxylic acid groups (broad SMARTS) is 1. The predicted molar refractivity (Wildman–Crippen MR) is 72.5 cm³/mol. The fourth-order valence-electron chi connectivity index (χ4n) is 1.41. The highest BCUT2D eigenvalue weighted by Crippen LogP contribution is 2.15. The highest BCUT2D eigenvalue weighted by atomic mass is 32.1. The van der Waals surface area contributed by atoms with Crippen molar-refractivity contribution in [1.82, 2.24) is 4.90 Å². The van der Waals surface area contributed by atoms with Crippen LogP contribution in [0.2, 0.25) is 0 Å². The third kappa shape index (κ3) is 4.33. The number of hydrogen-bond acceptors (Lipinski definition) is 3. The van der Waals surface area contributed by atoms with E-state index in [0.29, 0.717) is 0 Å². The summed E-state index contributed by atoms with van der Waals surface area (Å²) in [6.07, 6.45) is 3.12. The molecule has 98 valence electrons. The lowest BCUT2D eigenvalue weighted by atomic mass is 10.1. The molecule has 0 bridgehead atoms. The molecule has 1 aromatic rings. The number of rotatable bonds is 4. The Balaban J connectivity index is 2.80. The number of carbonyl (C=O) groups excluding carboxylic acids is 1. The standard InChI is InChI=1S/C13H17NO3S/c1-13(2,3)14(9-12(16)17)11(15)7-6-10-5-4-8-18-10/h4-8H,9H2,1-3H3,(H,16,17). The fourth-order valence-corrected chi connectivity index (χ4v) is 2.03. The molecule has 0 fully saturated rings. The minimum atomic E-state index is -1.01. The molecule has 0 saturated heterocycles. The monoisotopic (exact) mass is 267 g/mol. The zero-order valence-electron chi connectivity index (χ0n) is 10.7. The summed E-state index contributed by atoms with van der Waals surface area (Å²) in [5.41, 5.74) is -0.519. The normalized spacial score (nSPS) is 11.7. The second kappa shape index (κ2) is 5.82. The van der Waals surface area contributed by atoms with Gasteiger partial charge in [0.05, 0.1) is 0 Å². The van der Waals surface area contributed by atoms with Gasteiger partial charge >= 0.3 is 5.97 Å². The summed E-state index contributed by atoms with van der Waals surface area (Å²) >= 11 is 1.52. The van der Waals surface area contributed by atoms with E-state index in [1.165, 1.54) is 22.3 Å². The summed E-state index contributed by atoms with van der Waals surface area (Å²) in [4.78, 5) is 25.1. The first kappa shape index (κ1) is 14.4. The first-order valence-electron chi connectivity index (χ1n) is 5.55. The maximum Gasteiger partial charge on any atom is 0.323 e. The second-order valence-electron chi connectivity index (χ2n) is 4.84. The van der Waals surface area contributed by atoms with Crippen molar-refractivity contribution in [1.29, 1.82) is 0 Å². The average molecular weight is 267 g/mol. The van der Waals surface area contributed by atoms with Gasteiger partial charge in [0.2, 0.25) is 5.91 Å². The van der Waals surface area contributed by atoms with E-state index >= 15 is 0 Å². The Morgan fingerprint density at radius 3 is 2.56 bits per heavy atom. The van der Waals surface area contributed by atoms with Crippen LogP contribution in [0.4, 0.5) is 0 Å². The summed E-state index contributed by atoms with van der Waals surface area (Å²) in [6.45, 7) is 5.14. The van der Waals surface area contributed by atoms with Crippen molar-refractivity contribution in [2.45, 2.75) is 26.3 Å². The molecule has 1 aromatic heterocycles. The van der Waals surface area contributed by atoms with E-state index in [9.17, 15) is 9.59 Å². The van der Waals surface area contributed by atoms with Gasteiger partial charge in [-0.2, -0.15) is 0 Å². The molecule has 1 heterocycles. The van der Waals surface area contributed by atoms with Gasteiger partial charge in [0, 0.05) is 16.5 Å². The molecular weight excluding hydrogens is 250 g/mol. The minimum absolute atomic E-state index is 0.293. The Morgan fingerprint density at radius 2 is 2.11 bits per heavy atom. The Hall–Kier alpha value is -1.62. The zero-order chi connectivity index (χ0) is 13.8. The summed E-state index contributed by atoms with van der Waals surface area (Å²) in [6, 6.07) is 3.79. The molecule has 0 saturated carbocycles. The molecule has 0 aliphatic carbocycles. The maximum atomic E-state index is 12.0. The van der Waals surface area contributed by atoms with Gasteiger partial charge in [-0.15, -0.1) is 11.3 Å². The molecule has 0 unspecified atom stereocenters. The van der Waals surface area contributed by atoms with Crippen molar-refractivity contribution in [2.24, 2.45) is 0 Å². The van der Waals surface area contributed by atoms with E-state index in [4.69, 9.17) is 5.11 Å². The Morgan fingerprint density at radius 1 is 1.44 bits per heavy atom. The van der Waals surface area contributed by atoms with Crippen molar-refractivity contribution in [3.63, 3.8) is 0 Å². The van der Waals surface area contributed by atoms with Crippen LogP contribution in [0.3, 0.4) is 0 Å². The van der Waals surface area contributed by atoms with E-state index in [0.717, 1.165) is 4.88 Å². The van der Waals surface area contributed by atoms with E-state index in [1.807, 2.05) is 38.3 Å². The minimum Gasteiger partial charge on any atom is -0.480 e. The molecule has 18 heavy (non-hydrogen) atoms. The van der Waals surface area contributed by atoms with Crippen LogP contribution in [0.5, 0.6) is 0 Å². The van der Waals surface area contributed by atoms with Crippen molar-refractivity contribution in [3.05, 3.63) is 28.5 Å². The zero-order valence-corrected chi connectivity index (χ0v) is 11.5. The first-order chi connectivity index (χ1) is 8.30. The quantitative estimate of drug-likeness (QED) is 0.853. The largest absolute Gasteiger partial charge is 0.480 e. The maximum absolute atomic E-state index is 12.0. The SMILES string of the molecule is CC(C)(C)N(CC(=O)O)C(=O)C=Cc1cccs1. The number of carboxylic acids is 1. The molecule has 1 N–H and O–H groups in total. The Kier molecular flexibility index (Phi) is 4.67. The van der Waals surface area contributed by atoms with Crippen LogP contribution in [0, 0.1) is 0 Å². The van der Waals surface area contributed by atoms with E-state index in [1.54, 1.807) is 6.08 Å². The van der Waals surface area contributed by atoms with Crippen molar-refractivity contribution in [2.75, 3.05) is 6.54 Å². The van der Waals surface area contributed by atoms with Gasteiger partial charge in [0.1, 0.15) is 6.54 Å². The second-order valence-corrected chi connectivity index (χ2v) is 5.82. The summed E-state index contributed by atoms with van der Waals surface area (Å²) in [7, 11) is 0. The molecule has 1 amide bonds. The van der Waals surface area contributed by atoms with Crippen LogP contribution < -0.4 is 0 Å². The number of nitrogens with zero attached hydrogens (tertiary/aromatic N) is 1. The number of thiophene rings is 1. The molecule has 0 radical (unpaired) electrons. The van der Waals surface area contributed by atoms with Crippen molar-refractivity contribution in [3.8, 4) is 0 Å². The van der Waals surface area contributed by atoms with Crippen LogP contribution in [0.25, 0.3) is 6.08 Å². The van der Waals surface area contributed by atoms with Gasteiger partial charge < -0.3 is 10.0 Å². The van der Waals surface area contributed by atoms with Crippen LogP contribution in [0.1, 0.15) is 25.6 Å². The predicted octanol–water partition coefficient (Wildman–Crippen LogP) is 2.47. The number of carbonyl (C=O) groups is 2. The third-order valence-electron chi connectivity index (χ3n) is 2.30. The van der Waals surface area contributed by atoms with Gasteiger partial charge in [-0.25, -0.2) is 0 Å². The Bertz CT molecular complexity index is 443. The van der Waals surface area contributed by atoms with E-state index in [2.05, 4.69) is 0 Å². The van der Waals surface area contributed by atoms with Gasteiger partial charge in [0.25, 0.3) is 0 Å². The molecule has 1 rings (SSSR count). The smallest absolute Gasteiger partial charge is 0.323 e. The molecule has 0 aliphatic rings. The molecule has 4 nitrogen and oxygen atoms in total. The highest BCUT2D eigenvalue weighted by molar-refractivity contribution is 7.10. The molecule has 0 atom stereocenters. The average Bonchev–Trinajstić information content (AvgIpc) is 2.73. The molecule has 0 spiro atoms. The summed E-state index contributed by atoms with van der Waals surface area (Å²) < 4.78 is 0. The number of aliphatic carboxylic acids is 1. The van der Waals surface area contributed by atoms with Gasteiger partial charge in [-0.05, 0) is 38.3 Å². The first-order valence-corrected chi connectivity index (χ1v) is 6.43. The van der Waals surface area contributed by atoms with Gasteiger partial charge in [-0.1, -0.05) is 6.07 Å². The summed E-state index contributed by atoms with van der Waals surface area (Å²) in [5, 5.41) is 10.8. The lowest BCUT2D eigenvalue weighted by Crippen LogP contribution is -2.47. The number of amides is 1. The van der Waals surface area contributed by atoms with Crippen molar-refractivity contribution >= 4 is 29.3 Å². The van der Waals surface area contributed by atoms with Crippen molar-refractivity contribution < 1.29 is 14.7 Å². The van der Waals surface area contributed by atoms with Crippen LogP contribution in [-0.2, 0) is 9.59 Å². The van der Waals surface area contributed by atoms with E-state index in [-0.39, 0.29) is 12.5 Å². The topological polar surface area (TPSA) is 57.6 Å². The van der Waals surface area contributed by atoms with Gasteiger partial charge in [0.15, 0.2) is 0 Å². The third-order valence-corrected chi connectivity index (χ3v) is 3.14. The molecule has 0 aliphatic heterocycles. The Labute approximate surface area is 111 Å². The highest BCUT2D eigenvalue weighted by Gasteiger charge is 2.26. The van der Waals surface area contributed by atoms with Gasteiger partial charge in [-0.3, -0.25) is 9.59 Å². The number of hydrogen-bond donors (Lipinski definition) is 1. The van der Waals surface area contributed by atoms with Crippen LogP contribution in [0.15, 0.2) is 23.6 Å². The summed E-state index contributed by atoms with van der Waals surface area (Å²) in [5.74, 6) is -1.30. The molecule has 5 heteroatoms. The lowest BCUT2D eigenvalue weighted by molar-refractivity contribution is -0.145. The van der Waals surface area contributed by atoms with Crippen LogP contribution >= 0.6 is 11.3 Å². The lowest BCUT2D eigenvalue weighted by Gasteiger charge is -2.33. The van der Waals surface area contributed by atoms with E-state index < -0.39 is 11.5 Å². The fraction of sp³-hybridized carbons (Fsp3) is 0.385. The molecule has 0 aromatic carbocycles.